The number of rotatable bonds is 16. The topological polar surface area (TPSA) is 103 Å². The van der Waals surface area contributed by atoms with Crippen molar-refractivity contribution in [2.75, 3.05) is 0 Å². The van der Waals surface area contributed by atoms with Crippen molar-refractivity contribution in [3.63, 3.8) is 0 Å². The molecule has 0 amide bonds. The van der Waals surface area contributed by atoms with E-state index in [1.165, 1.54) is 54.5 Å². The van der Waals surface area contributed by atoms with Crippen LogP contribution >= 0.6 is 0 Å². The van der Waals surface area contributed by atoms with Gasteiger partial charge in [-0.05, 0) is 212 Å². The summed E-state index contributed by atoms with van der Waals surface area (Å²) in [6.45, 7) is -7.30. The van der Waals surface area contributed by atoms with Crippen LogP contribution in [-0.2, 0) is 93.2 Å². The summed E-state index contributed by atoms with van der Waals surface area (Å²) in [6.07, 6.45) is 8.88. The van der Waals surface area contributed by atoms with Crippen molar-refractivity contribution in [2.24, 2.45) is 5.89 Å². The summed E-state index contributed by atoms with van der Waals surface area (Å²) >= 11 is 0. The summed E-state index contributed by atoms with van der Waals surface area (Å²) in [4.78, 5) is 34.1. The van der Waals surface area contributed by atoms with Gasteiger partial charge < -0.3 is 39.9 Å². The standard InChI is InChI=1S/C21H20N.C20H18N.C19H16N.C18H14N.4C12H10N.4Ir/c1-16(2)13-17-7-6-10-19(14-17)20-11-12-22-21(15-20)18-8-4-3-5-9-18;1-15(2)17-9-6-10-18(13-17)19-11-12-21-20(14-19)16-7-4-3-5-8-16;1-2-15-7-6-10-17(13-15)18-11-12-20-19(14-18)16-8-4-3-5-9-16;1-14-6-5-9-16(12-14)17-10-11-19-18(13-17)15-7-3-2-4-8-15;4*1-10-7-8-12(13-9-10)11-5-3-2-4-6-11;;;;/h3-8,10-12,14-16H,13H2,1-2H3;3-7,9-15H,1-2H3;3-8,10-14H,2H2,1H3;2-7,9-13H,1H3;4*2-5,7-9H,1H3;;;;/q8*-1;;;;/i1D3,13D2,16D;1D3,15D;2D2;;4*1D3;;;;. The SMILES string of the molecule is Cc1cccc(-c2ccnc(-c3[c-]cccc3)c2)c1.[2H]C([2H])(C)c1cccc(-c2ccnc(-c3[c-]cccc3)c2)c1.[2H]C([2H])([2H])C([2H])(C)C([2H])([2H])c1cccc(-c2ccnc(-c3[c-]cccc3)c2)c1.[2H]C([2H])([2H])C([2H])(C)c1cccc(-c2ccnc(-c3[c-]cccc3)c2)c1.[2H]C([2H])([2H])c1ccc(-c2[c-]cccc2)nc1.[2H]C([2H])([2H])c1ccc(-c2[c-]cccc2)nc1.[2H]C([2H])([2H])c1ccc(-c2[c-]cccc2)nc1.[2H]C([2H])([2H])c1ccc(-c2[c-]cccc2)nc1.[Ir].[Ir].[Ir].[Ir]. The fraction of sp³-hybridized carbons (Fsp3) is 0.111. The molecule has 0 spiro atoms. The second-order valence-corrected chi connectivity index (χ2v) is 29.9. The van der Waals surface area contributed by atoms with Gasteiger partial charge in [-0.2, -0.15) is 0 Å². The van der Waals surface area contributed by atoms with Gasteiger partial charge in [0.15, 0.2) is 0 Å². The first kappa shape index (κ1) is 77.5. The Bertz CT molecular complexity index is 7590. The van der Waals surface area contributed by atoms with Gasteiger partial charge in [-0.25, -0.2) is 0 Å². The quantitative estimate of drug-likeness (QED) is 0.0882. The van der Waals surface area contributed by atoms with E-state index in [-0.39, 0.29) is 108 Å². The molecule has 20 aromatic rings. The maximum absolute atomic E-state index is 8.36. The van der Waals surface area contributed by atoms with E-state index in [0.717, 1.165) is 130 Å². The fourth-order valence-corrected chi connectivity index (χ4v) is 13.3. The van der Waals surface area contributed by atoms with E-state index >= 15 is 0 Å². The zero-order chi connectivity index (χ0) is 114. The summed E-state index contributed by atoms with van der Waals surface area (Å²) in [5, 5.41) is 0. The van der Waals surface area contributed by atoms with Crippen LogP contribution in [-0.4, -0.2) is 39.9 Å². The Balaban J connectivity index is 0.000000205. The van der Waals surface area contributed by atoms with Crippen LogP contribution in [0.2, 0.25) is 0 Å². The molecule has 20 rings (SSSR count). The van der Waals surface area contributed by atoms with E-state index in [0.29, 0.717) is 11.1 Å². The Morgan fingerprint density at radius 3 is 0.783 bits per heavy atom. The molecule has 0 bridgehead atoms. The van der Waals surface area contributed by atoms with Crippen molar-refractivity contribution in [3.8, 4) is 135 Å². The molecule has 0 fully saturated rings. The van der Waals surface area contributed by atoms with Crippen LogP contribution in [0.3, 0.4) is 0 Å². The first-order valence-corrected chi connectivity index (χ1v) is 42.9. The van der Waals surface area contributed by atoms with E-state index in [4.69, 9.17) is 32.9 Å². The number of benzene rings is 12. The van der Waals surface area contributed by atoms with Gasteiger partial charge in [-0.3, -0.25) is 0 Å². The molecule has 0 aliphatic heterocycles. The maximum atomic E-state index is 8.36. The van der Waals surface area contributed by atoms with Crippen molar-refractivity contribution in [1.29, 1.82) is 0 Å². The number of pyridine rings is 8. The number of aromatic nitrogens is 8. The Morgan fingerprint density at radius 2 is 0.522 bits per heavy atom. The average Bonchev–Trinajstić information content (AvgIpc) is 0.748. The maximum Gasteiger partial charge on any atom is 0.0347 e. The second kappa shape index (κ2) is 58.1. The fourth-order valence-electron chi connectivity index (χ4n) is 13.3. The average molecular weight is 2530 g/mol. The minimum absolute atomic E-state index is 0. The van der Waals surface area contributed by atoms with Crippen molar-refractivity contribution < 1.29 is 113 Å². The van der Waals surface area contributed by atoms with Crippen LogP contribution in [0.5, 0.6) is 0 Å². The van der Waals surface area contributed by atoms with E-state index in [1.807, 2.05) is 255 Å². The molecule has 8 heterocycles. The van der Waals surface area contributed by atoms with Crippen LogP contribution in [0.15, 0.2) is 438 Å². The van der Waals surface area contributed by atoms with E-state index < -0.39 is 65.6 Å². The first-order valence-electron chi connectivity index (χ1n) is 54.9. The molecule has 8 nitrogen and oxygen atoms in total. The number of nitrogens with zero attached hydrogens (tertiary/aromatic N) is 8. The molecule has 12 aromatic carbocycles. The molecule has 2 atom stereocenters. The van der Waals surface area contributed by atoms with Crippen LogP contribution < -0.4 is 0 Å². The molecule has 0 aliphatic rings. The number of aryl methyl sites for hydroxylation is 6. The first-order chi connectivity index (χ1) is 75.0. The Morgan fingerprint density at radius 1 is 0.254 bits per heavy atom. The minimum atomic E-state index is -2.76. The Hall–Kier alpha value is -13.6. The third kappa shape index (κ3) is 34.6. The van der Waals surface area contributed by atoms with Gasteiger partial charge in [-0.15, -0.1) is 287 Å². The zero-order valence-electron chi connectivity index (χ0n) is 99.5. The van der Waals surface area contributed by atoms with Gasteiger partial charge in [0.2, 0.25) is 0 Å². The largest absolute Gasteiger partial charge is 0.305 e. The van der Waals surface area contributed by atoms with Crippen molar-refractivity contribution in [3.05, 3.63) is 531 Å². The molecule has 0 saturated heterocycles. The molecule has 138 heavy (non-hydrogen) atoms. The molecule has 696 valence electrons. The van der Waals surface area contributed by atoms with Gasteiger partial charge in [0, 0.05) is 163 Å². The van der Waals surface area contributed by atoms with Crippen molar-refractivity contribution in [1.82, 2.24) is 39.9 Å². The summed E-state index contributed by atoms with van der Waals surface area (Å²) in [7, 11) is 0. The zero-order valence-corrected chi connectivity index (χ0v) is 85.1. The summed E-state index contributed by atoms with van der Waals surface area (Å²) < 4.78 is 181. The van der Waals surface area contributed by atoms with Crippen LogP contribution in [0.25, 0.3) is 135 Å². The van der Waals surface area contributed by atoms with E-state index in [2.05, 4.69) is 126 Å². The minimum Gasteiger partial charge on any atom is -0.305 e. The summed E-state index contributed by atoms with van der Waals surface area (Å²) in [6, 6.07) is 144. The number of hydrogen-bond acceptors (Lipinski definition) is 8. The van der Waals surface area contributed by atoms with Crippen molar-refractivity contribution in [2.45, 2.75) is 87.4 Å². The molecule has 0 aliphatic carbocycles. The third-order valence-electron chi connectivity index (χ3n) is 20.0. The van der Waals surface area contributed by atoms with E-state index in [1.54, 1.807) is 129 Å². The molecular formula is C126H108Ir4N8-8. The number of hydrogen-bond donors (Lipinski definition) is 0. The van der Waals surface area contributed by atoms with Crippen molar-refractivity contribution >= 4 is 0 Å². The summed E-state index contributed by atoms with van der Waals surface area (Å²) in [5.74, 6) is -3.95. The van der Waals surface area contributed by atoms with Gasteiger partial charge in [0.1, 0.15) is 0 Å². The monoisotopic (exact) mass is 2530 g/mol. The Labute approximate surface area is 905 Å². The molecule has 4 radical (unpaired) electrons. The van der Waals surface area contributed by atoms with Gasteiger partial charge >= 0.3 is 0 Å². The molecular weight excluding hydrogens is 2390 g/mol. The van der Waals surface area contributed by atoms with E-state index in [9.17, 15) is 0 Å². The predicted octanol–water partition coefficient (Wildman–Crippen LogP) is 31.5. The second-order valence-electron chi connectivity index (χ2n) is 29.9. The smallest absolute Gasteiger partial charge is 0.0347 e. The van der Waals surface area contributed by atoms with Crippen LogP contribution in [0.1, 0.15) is 118 Å². The van der Waals surface area contributed by atoms with Crippen LogP contribution in [0, 0.1) is 88.8 Å². The third-order valence-corrected chi connectivity index (χ3v) is 20.0. The van der Waals surface area contributed by atoms with Crippen LogP contribution in [0.4, 0.5) is 0 Å². The molecule has 12 heteroatoms. The van der Waals surface area contributed by atoms with Gasteiger partial charge in [-0.1, -0.05) is 210 Å². The molecule has 2 unspecified atom stereocenters. The summed E-state index contributed by atoms with van der Waals surface area (Å²) in [5.41, 5.74) is 24.8. The predicted molar refractivity (Wildman–Crippen MR) is 556 cm³/mol. The normalized spacial score (nSPS) is 14.2. The molecule has 0 N–H and O–H groups in total. The molecule has 8 aromatic heterocycles. The molecule has 0 saturated carbocycles. The van der Waals surface area contributed by atoms with Gasteiger partial charge in [0.25, 0.3) is 0 Å². The van der Waals surface area contributed by atoms with Gasteiger partial charge in [0.05, 0.1) is 0 Å². The Kier molecular flexibility index (Phi) is 32.6.